The summed E-state index contributed by atoms with van der Waals surface area (Å²) in [6, 6.07) is 12.5. The predicted molar refractivity (Wildman–Crippen MR) is 166 cm³/mol. The first-order valence-electron chi connectivity index (χ1n) is 15.2. The average Bonchev–Trinajstić information content (AvgIpc) is 2.96. The van der Waals surface area contributed by atoms with Crippen molar-refractivity contribution in [3.05, 3.63) is 69.8 Å². The first-order valence-corrected chi connectivity index (χ1v) is 15.2. The minimum atomic E-state index is -0.156. The molecular formula is C34H53N3O3. The minimum Gasteiger partial charge on any atom is -0.380 e. The van der Waals surface area contributed by atoms with Crippen LogP contribution in [0.25, 0.3) is 0 Å². The van der Waals surface area contributed by atoms with Crippen molar-refractivity contribution in [1.29, 1.82) is 0 Å². The molecule has 2 N–H and O–H groups in total. The summed E-state index contributed by atoms with van der Waals surface area (Å²) in [6.45, 7) is 2.96. The van der Waals surface area contributed by atoms with Crippen molar-refractivity contribution in [2.75, 3.05) is 34.8 Å². The van der Waals surface area contributed by atoms with Gasteiger partial charge in [0.25, 0.3) is 0 Å². The molecule has 0 saturated heterocycles. The van der Waals surface area contributed by atoms with E-state index >= 15 is 0 Å². The number of aryl methyl sites for hydroxylation is 2. The Kier molecular flexibility index (Phi) is 17.3. The van der Waals surface area contributed by atoms with E-state index in [0.29, 0.717) is 13.2 Å². The largest absolute Gasteiger partial charge is 0.380 e. The predicted octanol–water partition coefficient (Wildman–Crippen LogP) is 5.88. The van der Waals surface area contributed by atoms with Crippen LogP contribution in [0.4, 0.5) is 0 Å². The zero-order valence-corrected chi connectivity index (χ0v) is 25.5. The lowest BCUT2D eigenvalue weighted by atomic mass is 9.95. The molecule has 0 radical (unpaired) electrons. The lowest BCUT2D eigenvalue weighted by Gasteiger charge is -2.25. The molecule has 6 nitrogen and oxygen atoms in total. The number of methoxy groups -OCH3 is 1. The summed E-state index contributed by atoms with van der Waals surface area (Å²) in [4.78, 5) is 25.4. The molecule has 0 aromatic heterocycles. The zero-order valence-electron chi connectivity index (χ0n) is 25.5. The van der Waals surface area contributed by atoms with Crippen LogP contribution in [-0.2, 0) is 42.1 Å². The lowest BCUT2D eigenvalue weighted by molar-refractivity contribution is -0.112. The smallest absolute Gasteiger partial charge is 0.150 e. The maximum absolute atomic E-state index is 11.8. The highest BCUT2D eigenvalue weighted by Crippen LogP contribution is 2.21. The van der Waals surface area contributed by atoms with Crippen LogP contribution < -0.4 is 10.6 Å². The Bertz CT molecular complexity index is 994. The Morgan fingerprint density at radius 3 is 1.93 bits per heavy atom. The lowest BCUT2D eigenvalue weighted by Crippen LogP contribution is -2.35. The molecule has 0 saturated carbocycles. The van der Waals surface area contributed by atoms with Gasteiger partial charge in [0.05, 0.1) is 12.6 Å². The molecule has 0 spiro atoms. The third kappa shape index (κ3) is 11.6. The highest BCUT2D eigenvalue weighted by atomic mass is 16.5. The van der Waals surface area contributed by atoms with Gasteiger partial charge in [-0.05, 0) is 87.6 Å². The maximum atomic E-state index is 11.8. The number of nitrogens with zero attached hydrogens (tertiary/aromatic N) is 1. The second-order valence-corrected chi connectivity index (χ2v) is 11.0. The third-order valence-electron chi connectivity index (χ3n) is 7.92. The Morgan fingerprint density at radius 1 is 0.800 bits per heavy atom. The van der Waals surface area contributed by atoms with Crippen molar-refractivity contribution in [2.24, 2.45) is 0 Å². The number of ether oxygens (including phenoxy) is 1. The van der Waals surface area contributed by atoms with Crippen molar-refractivity contribution >= 4 is 12.6 Å². The summed E-state index contributed by atoms with van der Waals surface area (Å²) in [5.74, 6) is 0. The van der Waals surface area contributed by atoms with Gasteiger partial charge in [0.2, 0.25) is 0 Å². The topological polar surface area (TPSA) is 70.7 Å². The number of carbonyl (C=O) groups excluding carboxylic acids is 2. The fraction of sp³-hybridized carbons (Fsp3) is 0.588. The molecule has 0 aliphatic carbocycles. The first kappa shape index (κ1) is 33.8. The second kappa shape index (κ2) is 20.5. The van der Waals surface area contributed by atoms with Crippen molar-refractivity contribution in [1.82, 2.24) is 15.5 Å². The van der Waals surface area contributed by atoms with E-state index in [1.165, 1.54) is 67.2 Å². The van der Waals surface area contributed by atoms with Crippen LogP contribution in [0.1, 0.15) is 96.0 Å². The summed E-state index contributed by atoms with van der Waals surface area (Å²) < 4.78 is 5.39. The van der Waals surface area contributed by atoms with Gasteiger partial charge in [0, 0.05) is 25.8 Å². The van der Waals surface area contributed by atoms with Gasteiger partial charge in [0.1, 0.15) is 12.6 Å². The molecule has 2 aromatic rings. The quantitative estimate of drug-likeness (QED) is 0.133. The minimum absolute atomic E-state index is 0.156. The van der Waals surface area contributed by atoms with Crippen molar-refractivity contribution in [2.45, 2.75) is 96.4 Å². The van der Waals surface area contributed by atoms with Gasteiger partial charge in [-0.1, -0.05) is 74.9 Å². The van der Waals surface area contributed by atoms with E-state index in [0.717, 1.165) is 62.5 Å². The number of benzene rings is 2. The van der Waals surface area contributed by atoms with Crippen LogP contribution in [0.2, 0.25) is 0 Å². The summed E-state index contributed by atoms with van der Waals surface area (Å²) in [5.41, 5.74) is 7.20. The molecule has 0 amide bonds. The van der Waals surface area contributed by atoms with Gasteiger partial charge >= 0.3 is 0 Å². The summed E-state index contributed by atoms with van der Waals surface area (Å²) in [7, 11) is 7.63. The number of rotatable bonds is 23. The van der Waals surface area contributed by atoms with Gasteiger partial charge in [-0.2, -0.15) is 0 Å². The van der Waals surface area contributed by atoms with Crippen molar-refractivity contribution in [3.8, 4) is 0 Å². The van der Waals surface area contributed by atoms with E-state index in [4.69, 9.17) is 4.74 Å². The number of nitrogens with one attached hydrogen (secondary N) is 2. The maximum Gasteiger partial charge on any atom is 0.150 e. The van der Waals surface area contributed by atoms with Crippen molar-refractivity contribution in [3.63, 3.8) is 0 Å². The fourth-order valence-corrected chi connectivity index (χ4v) is 5.55. The van der Waals surface area contributed by atoms with Gasteiger partial charge < -0.3 is 20.2 Å². The van der Waals surface area contributed by atoms with E-state index in [2.05, 4.69) is 39.8 Å². The van der Waals surface area contributed by atoms with Crippen LogP contribution in [0.15, 0.2) is 36.4 Å². The molecule has 1 atom stereocenters. The molecule has 222 valence electrons. The first-order chi connectivity index (χ1) is 19.6. The molecule has 0 bridgehead atoms. The molecule has 1 unspecified atom stereocenters. The highest BCUT2D eigenvalue weighted by molar-refractivity contribution is 5.78. The molecule has 0 aliphatic rings. The molecule has 0 heterocycles. The van der Waals surface area contributed by atoms with Crippen LogP contribution in [-0.4, -0.2) is 58.3 Å². The number of likely N-dealkylation sites (N-methyl/N-ethyl adjacent to an activating group) is 1. The molecule has 6 heteroatoms. The number of hydrogen-bond donors (Lipinski definition) is 2. The standard InChI is InChI=1S/C34H53N3O3/c1-35-22-21-32(26-39)37(3)24-34-29(18-13-19-30(34)25-38)16-12-10-8-6-5-7-9-11-15-28-17-14-20-31(27-40-4)33(28)23-36-2/h13-14,17-20,25-26,32,35-36H,5-12,15-16,21-24,27H2,1-4H3. The number of aldehydes is 2. The fourth-order valence-electron chi connectivity index (χ4n) is 5.55. The monoisotopic (exact) mass is 551 g/mol. The van der Waals surface area contributed by atoms with Gasteiger partial charge in [0.15, 0.2) is 0 Å². The number of hydrogen-bond acceptors (Lipinski definition) is 6. The summed E-state index contributed by atoms with van der Waals surface area (Å²) >= 11 is 0. The Morgan fingerprint density at radius 2 is 1.38 bits per heavy atom. The van der Waals surface area contributed by atoms with E-state index in [1.54, 1.807) is 7.11 Å². The Balaban J connectivity index is 1.71. The number of carbonyl (C=O) groups is 2. The summed E-state index contributed by atoms with van der Waals surface area (Å²) in [6.07, 6.45) is 14.8. The van der Waals surface area contributed by atoms with Gasteiger partial charge in [-0.3, -0.25) is 9.69 Å². The molecule has 0 fully saturated rings. The van der Waals surface area contributed by atoms with Gasteiger partial charge in [-0.25, -0.2) is 0 Å². The van der Waals surface area contributed by atoms with E-state index in [1.807, 2.05) is 33.3 Å². The molecule has 2 rings (SSSR count). The zero-order chi connectivity index (χ0) is 29.0. The number of unbranched alkanes of at least 4 members (excludes halogenated alkanes) is 7. The van der Waals surface area contributed by atoms with Crippen LogP contribution in [0.5, 0.6) is 0 Å². The van der Waals surface area contributed by atoms with Crippen LogP contribution in [0.3, 0.4) is 0 Å². The average molecular weight is 552 g/mol. The molecular weight excluding hydrogens is 498 g/mol. The summed E-state index contributed by atoms with van der Waals surface area (Å²) in [5, 5.41) is 6.43. The van der Waals surface area contributed by atoms with E-state index < -0.39 is 0 Å². The van der Waals surface area contributed by atoms with Crippen molar-refractivity contribution < 1.29 is 14.3 Å². The molecule has 0 aliphatic heterocycles. The Labute approximate surface area is 243 Å². The third-order valence-corrected chi connectivity index (χ3v) is 7.92. The molecule has 40 heavy (non-hydrogen) atoms. The van der Waals surface area contributed by atoms with E-state index in [-0.39, 0.29) is 6.04 Å². The van der Waals surface area contributed by atoms with Gasteiger partial charge in [-0.15, -0.1) is 0 Å². The van der Waals surface area contributed by atoms with E-state index in [9.17, 15) is 9.59 Å². The second-order valence-electron chi connectivity index (χ2n) is 11.0. The molecule has 2 aromatic carbocycles. The highest BCUT2D eigenvalue weighted by Gasteiger charge is 2.17. The Hall–Kier alpha value is -2.38. The van der Waals surface area contributed by atoms with Crippen LogP contribution >= 0.6 is 0 Å². The SMILES string of the molecule is CNCCC(C=O)N(C)Cc1c(C=O)cccc1CCCCCCCCCCc1cccc(COC)c1CNC. The van der Waals surface area contributed by atoms with Crippen LogP contribution in [0, 0.1) is 0 Å². The normalized spacial score (nSPS) is 12.1.